The molecule has 0 aliphatic carbocycles. The van der Waals surface area contributed by atoms with Gasteiger partial charge in [0.05, 0.1) is 0 Å². The van der Waals surface area contributed by atoms with Crippen molar-refractivity contribution in [3.63, 3.8) is 0 Å². The van der Waals surface area contributed by atoms with Crippen molar-refractivity contribution < 1.29 is 19.7 Å². The number of aryl methyl sites for hydroxylation is 1. The van der Waals surface area contributed by atoms with Gasteiger partial charge in [0, 0.05) is 0 Å². The molecular formula is C21H23AsClNO4. The van der Waals surface area contributed by atoms with Gasteiger partial charge < -0.3 is 0 Å². The number of rotatable bonds is 10. The molecule has 3 rings (SSSR count). The molecule has 0 saturated carbocycles. The van der Waals surface area contributed by atoms with Crippen LogP contribution >= 0.6 is 11.6 Å². The van der Waals surface area contributed by atoms with E-state index in [0.717, 1.165) is 39.7 Å². The van der Waals surface area contributed by atoms with Crippen molar-refractivity contribution in [1.29, 1.82) is 0 Å². The number of hydrogen-bond donors (Lipinski definition) is 3. The second kappa shape index (κ2) is 10.0. The quantitative estimate of drug-likeness (QED) is 0.310. The predicted octanol–water partition coefficient (Wildman–Crippen LogP) is 4.22. The number of ether oxygens (including phenoxy) is 1. The van der Waals surface area contributed by atoms with Crippen LogP contribution in [-0.4, -0.2) is 43.5 Å². The average Bonchev–Trinajstić information content (AvgIpc) is 3.09. The van der Waals surface area contributed by atoms with E-state index in [9.17, 15) is 9.90 Å². The fourth-order valence-corrected chi connectivity index (χ4v) is 5.72. The van der Waals surface area contributed by atoms with Gasteiger partial charge in [-0.3, -0.25) is 0 Å². The summed E-state index contributed by atoms with van der Waals surface area (Å²) in [6.07, 6.45) is 3.55. The van der Waals surface area contributed by atoms with Crippen molar-refractivity contribution in [2.24, 2.45) is 0 Å². The number of halogens is 1. The van der Waals surface area contributed by atoms with E-state index in [0.29, 0.717) is 10.8 Å². The van der Waals surface area contributed by atoms with Crippen LogP contribution in [0.5, 0.6) is 5.75 Å². The monoisotopic (exact) mass is 463 g/mol. The van der Waals surface area contributed by atoms with Crippen molar-refractivity contribution in [3.05, 3.63) is 64.8 Å². The molecule has 3 aromatic rings. The number of para-hydroxylation sites is 1. The Morgan fingerprint density at radius 2 is 2.07 bits per heavy atom. The fourth-order valence-electron chi connectivity index (χ4n) is 3.13. The van der Waals surface area contributed by atoms with Crippen LogP contribution in [0.15, 0.2) is 48.7 Å². The van der Waals surface area contributed by atoms with Gasteiger partial charge in [0.1, 0.15) is 0 Å². The van der Waals surface area contributed by atoms with Gasteiger partial charge in [0.25, 0.3) is 0 Å². The molecule has 0 aliphatic rings. The molecule has 3 N–H and O–H groups in total. The molecule has 0 amide bonds. The molecule has 7 heteroatoms. The summed E-state index contributed by atoms with van der Waals surface area (Å²) >= 11 is 5.75. The topological polar surface area (TPSA) is 82.6 Å². The number of aromatic amines is 1. The second-order valence-electron chi connectivity index (χ2n) is 6.55. The number of aliphatic hydroxyl groups excluding tert-OH is 1. The standard InChI is InChI=1S/C21H23AsClNO4/c23-16-6-1-4-14(10-16)18(25)11-22-9-3-5-15-12-24-21-17(15)7-2-8-19(21)28-13-20(26)27/h1-2,4,6-8,10,12,18,22,24-25H,3,5,9,11,13H2,(H,26,27)/t18-/m1/s1. The second-order valence-corrected chi connectivity index (χ2v) is 9.94. The Kier molecular flexibility index (Phi) is 7.43. The number of aromatic nitrogens is 1. The number of carbonyl (C=O) groups is 1. The van der Waals surface area contributed by atoms with Crippen LogP contribution in [0.4, 0.5) is 0 Å². The van der Waals surface area contributed by atoms with Crippen molar-refractivity contribution in [2.45, 2.75) is 29.4 Å². The third-order valence-corrected chi connectivity index (χ3v) is 7.62. The Labute approximate surface area is 175 Å². The number of aliphatic hydroxyl groups is 1. The molecule has 2 aromatic carbocycles. The Morgan fingerprint density at radius 3 is 2.86 bits per heavy atom. The van der Waals surface area contributed by atoms with E-state index < -0.39 is 12.1 Å². The Balaban J connectivity index is 1.49. The molecule has 0 saturated heterocycles. The molecule has 0 radical (unpaired) electrons. The third-order valence-electron chi connectivity index (χ3n) is 4.48. The number of H-pyrrole nitrogens is 1. The first-order valence-electron chi connectivity index (χ1n) is 9.12. The zero-order chi connectivity index (χ0) is 19.9. The van der Waals surface area contributed by atoms with Crippen LogP contribution in [0.2, 0.25) is 15.4 Å². The summed E-state index contributed by atoms with van der Waals surface area (Å²) in [6, 6.07) is 13.1. The van der Waals surface area contributed by atoms with Crippen molar-refractivity contribution in [3.8, 4) is 5.75 Å². The first-order valence-corrected chi connectivity index (χ1v) is 12.5. The summed E-state index contributed by atoms with van der Waals surface area (Å²) in [5, 5.41) is 22.8. The minimum absolute atomic E-state index is 0.232. The van der Waals surface area contributed by atoms with E-state index in [2.05, 4.69) is 4.98 Å². The van der Waals surface area contributed by atoms with Gasteiger partial charge in [0.2, 0.25) is 0 Å². The van der Waals surface area contributed by atoms with Crippen LogP contribution in [0.1, 0.15) is 23.7 Å². The van der Waals surface area contributed by atoms with Crippen molar-refractivity contribution >= 4 is 44.2 Å². The van der Waals surface area contributed by atoms with E-state index in [4.69, 9.17) is 21.4 Å². The summed E-state index contributed by atoms with van der Waals surface area (Å²) in [5.41, 5.74) is 2.94. The van der Waals surface area contributed by atoms with Gasteiger partial charge in [-0.25, -0.2) is 0 Å². The molecule has 148 valence electrons. The Morgan fingerprint density at radius 1 is 1.25 bits per heavy atom. The molecule has 0 spiro atoms. The van der Waals surface area contributed by atoms with Gasteiger partial charge in [-0.15, -0.1) is 0 Å². The SMILES string of the molecule is O=C(O)COc1cccc2c(CCC[AsH]C[C@@H](O)c3cccc(Cl)c3)c[nH]c12. The average molecular weight is 464 g/mol. The number of aliphatic carboxylic acids is 1. The molecule has 5 nitrogen and oxygen atoms in total. The number of fused-ring (bicyclic) bond motifs is 1. The van der Waals surface area contributed by atoms with Gasteiger partial charge in [0.15, 0.2) is 0 Å². The van der Waals surface area contributed by atoms with Crippen LogP contribution in [0.25, 0.3) is 10.9 Å². The first-order chi connectivity index (χ1) is 13.5. The molecule has 28 heavy (non-hydrogen) atoms. The summed E-state index contributed by atoms with van der Waals surface area (Å²) < 4.78 is 5.35. The molecule has 0 bridgehead atoms. The molecule has 1 heterocycles. The molecule has 0 fully saturated rings. The Hall–Kier alpha value is -1.94. The molecule has 0 aliphatic heterocycles. The van der Waals surface area contributed by atoms with Gasteiger partial charge in [-0.05, 0) is 0 Å². The number of benzene rings is 2. The summed E-state index contributed by atoms with van der Waals surface area (Å²) in [5.74, 6) is -0.433. The van der Waals surface area contributed by atoms with Crippen LogP contribution < -0.4 is 4.74 Å². The maximum atomic E-state index is 10.7. The van der Waals surface area contributed by atoms with E-state index in [-0.39, 0.29) is 22.4 Å². The minimum atomic E-state index is -0.992. The molecule has 1 unspecified atom stereocenters. The number of hydrogen-bond acceptors (Lipinski definition) is 3. The van der Waals surface area contributed by atoms with Crippen LogP contribution in [0.3, 0.4) is 0 Å². The summed E-state index contributed by atoms with van der Waals surface area (Å²) in [4.78, 5) is 13.9. The van der Waals surface area contributed by atoms with E-state index in [1.54, 1.807) is 6.07 Å². The van der Waals surface area contributed by atoms with E-state index in [1.807, 2.05) is 42.6 Å². The van der Waals surface area contributed by atoms with E-state index >= 15 is 0 Å². The van der Waals surface area contributed by atoms with Crippen LogP contribution in [-0.2, 0) is 11.2 Å². The van der Waals surface area contributed by atoms with Gasteiger partial charge in [-0.1, -0.05) is 0 Å². The van der Waals surface area contributed by atoms with Gasteiger partial charge >= 0.3 is 175 Å². The van der Waals surface area contributed by atoms with Crippen molar-refractivity contribution in [1.82, 2.24) is 4.98 Å². The molecule has 1 aromatic heterocycles. The fraction of sp³-hybridized carbons (Fsp3) is 0.286. The number of carboxylic acids is 1. The third kappa shape index (κ3) is 5.54. The van der Waals surface area contributed by atoms with Crippen molar-refractivity contribution in [2.75, 3.05) is 6.61 Å². The van der Waals surface area contributed by atoms with E-state index in [1.165, 1.54) is 5.56 Å². The number of nitrogens with one attached hydrogen (secondary N) is 1. The predicted molar refractivity (Wildman–Crippen MR) is 113 cm³/mol. The maximum absolute atomic E-state index is 10.7. The summed E-state index contributed by atoms with van der Waals surface area (Å²) in [6.45, 7) is -0.354. The molecule has 2 atom stereocenters. The zero-order valence-corrected chi connectivity index (χ0v) is 18.2. The number of carboxylic acid groups (broad SMARTS) is 1. The molecular weight excluding hydrogens is 441 g/mol. The van der Waals surface area contributed by atoms with Gasteiger partial charge in [-0.2, -0.15) is 0 Å². The Bertz CT molecular complexity index is 943. The van der Waals surface area contributed by atoms with Crippen LogP contribution in [0, 0.1) is 0 Å². The first kappa shape index (κ1) is 20.8. The summed E-state index contributed by atoms with van der Waals surface area (Å²) in [7, 11) is 0. The zero-order valence-electron chi connectivity index (χ0n) is 15.3. The normalized spacial score (nSPS) is 12.6.